The topological polar surface area (TPSA) is 77.1 Å². The third-order valence-corrected chi connectivity index (χ3v) is 4.77. The van der Waals surface area contributed by atoms with Gasteiger partial charge in [-0.25, -0.2) is 4.39 Å². The van der Waals surface area contributed by atoms with E-state index in [0.29, 0.717) is 22.9 Å². The van der Waals surface area contributed by atoms with E-state index in [4.69, 9.17) is 14.2 Å². The van der Waals surface area contributed by atoms with Gasteiger partial charge in [0, 0.05) is 24.7 Å². The fourth-order valence-electron chi connectivity index (χ4n) is 3.23. The van der Waals surface area contributed by atoms with Crippen molar-refractivity contribution < 1.29 is 28.2 Å². The first kappa shape index (κ1) is 19.6. The highest BCUT2D eigenvalue weighted by Crippen LogP contribution is 2.35. The second kappa shape index (κ2) is 8.74. The number of nitrogens with zero attached hydrogens (tertiary/aromatic N) is 1. The molecular formula is C22H19FN2O5. The lowest BCUT2D eigenvalue weighted by Crippen LogP contribution is -2.33. The summed E-state index contributed by atoms with van der Waals surface area (Å²) in [6.07, 6.45) is 0.115. The lowest BCUT2D eigenvalue weighted by Gasteiger charge is -2.16. The van der Waals surface area contributed by atoms with Crippen molar-refractivity contribution in [2.75, 3.05) is 31.4 Å². The Kier molecular flexibility index (Phi) is 5.70. The third kappa shape index (κ3) is 4.46. The molecule has 2 amide bonds. The number of benzene rings is 2. The van der Waals surface area contributed by atoms with E-state index in [2.05, 4.69) is 17.2 Å². The minimum Gasteiger partial charge on any atom is -0.481 e. The largest absolute Gasteiger partial charge is 0.481 e. The van der Waals surface area contributed by atoms with Crippen molar-refractivity contribution in [2.45, 2.75) is 6.42 Å². The van der Waals surface area contributed by atoms with Gasteiger partial charge in [0.05, 0.1) is 12.5 Å². The van der Waals surface area contributed by atoms with Crippen LogP contribution in [-0.4, -0.2) is 38.3 Å². The maximum Gasteiger partial charge on any atom is 0.231 e. The van der Waals surface area contributed by atoms with Gasteiger partial charge in [-0.1, -0.05) is 11.8 Å². The Balaban J connectivity index is 1.21. The number of anilines is 1. The van der Waals surface area contributed by atoms with E-state index in [1.807, 2.05) is 0 Å². The number of hydrogen-bond acceptors (Lipinski definition) is 5. The predicted molar refractivity (Wildman–Crippen MR) is 106 cm³/mol. The zero-order chi connectivity index (χ0) is 20.9. The first-order valence-electron chi connectivity index (χ1n) is 9.42. The molecule has 0 aliphatic carbocycles. The third-order valence-electron chi connectivity index (χ3n) is 4.77. The highest BCUT2D eigenvalue weighted by Gasteiger charge is 2.34. The number of ether oxygens (including phenoxy) is 3. The lowest BCUT2D eigenvalue weighted by atomic mass is 10.1. The molecule has 1 unspecified atom stereocenters. The summed E-state index contributed by atoms with van der Waals surface area (Å²) in [5.74, 6) is 6.33. The first-order valence-corrected chi connectivity index (χ1v) is 9.42. The van der Waals surface area contributed by atoms with Crippen LogP contribution in [0.15, 0.2) is 42.5 Å². The van der Waals surface area contributed by atoms with Crippen LogP contribution in [0.2, 0.25) is 0 Å². The number of carbonyl (C=O) groups is 2. The molecule has 0 saturated carbocycles. The molecule has 7 nitrogen and oxygen atoms in total. The molecule has 1 N–H and O–H groups in total. The van der Waals surface area contributed by atoms with Gasteiger partial charge in [0.15, 0.2) is 11.5 Å². The van der Waals surface area contributed by atoms with Gasteiger partial charge in [-0.15, -0.1) is 0 Å². The van der Waals surface area contributed by atoms with Gasteiger partial charge in [0.1, 0.15) is 18.2 Å². The summed E-state index contributed by atoms with van der Waals surface area (Å²) in [6, 6.07) is 10.9. The molecule has 2 aliphatic heterocycles. The van der Waals surface area contributed by atoms with Crippen LogP contribution in [0.3, 0.4) is 0 Å². The van der Waals surface area contributed by atoms with Gasteiger partial charge in [-0.05, 0) is 36.4 Å². The van der Waals surface area contributed by atoms with Crippen molar-refractivity contribution in [3.8, 4) is 29.1 Å². The summed E-state index contributed by atoms with van der Waals surface area (Å²) in [7, 11) is 0. The molecule has 30 heavy (non-hydrogen) atoms. The average molecular weight is 410 g/mol. The Morgan fingerprint density at radius 1 is 1.17 bits per heavy atom. The van der Waals surface area contributed by atoms with Crippen molar-refractivity contribution in [1.82, 2.24) is 5.32 Å². The molecule has 2 aromatic rings. The zero-order valence-corrected chi connectivity index (χ0v) is 16.0. The highest BCUT2D eigenvalue weighted by atomic mass is 19.1. The van der Waals surface area contributed by atoms with Gasteiger partial charge < -0.3 is 24.4 Å². The summed E-state index contributed by atoms with van der Waals surface area (Å²) in [5.41, 5.74) is 0.581. The van der Waals surface area contributed by atoms with E-state index >= 15 is 0 Å². The van der Waals surface area contributed by atoms with Crippen molar-refractivity contribution in [2.24, 2.45) is 5.92 Å². The molecule has 4 rings (SSSR count). The smallest absolute Gasteiger partial charge is 0.231 e. The van der Waals surface area contributed by atoms with E-state index in [0.717, 1.165) is 0 Å². The minimum atomic E-state index is -0.464. The number of rotatable bonds is 5. The number of nitrogens with one attached hydrogen (secondary N) is 1. The molecule has 0 aromatic heterocycles. The van der Waals surface area contributed by atoms with Crippen LogP contribution in [0.25, 0.3) is 0 Å². The summed E-state index contributed by atoms with van der Waals surface area (Å²) in [6.45, 7) is 0.782. The Labute approximate surface area is 172 Å². The van der Waals surface area contributed by atoms with Crippen LogP contribution < -0.4 is 24.4 Å². The Hall–Kier alpha value is -3.73. The van der Waals surface area contributed by atoms with E-state index in [1.54, 1.807) is 18.2 Å². The predicted octanol–water partition coefficient (Wildman–Crippen LogP) is 2.11. The minimum absolute atomic E-state index is 0.115. The monoisotopic (exact) mass is 410 g/mol. The zero-order valence-electron chi connectivity index (χ0n) is 16.0. The van der Waals surface area contributed by atoms with Crippen LogP contribution in [0, 0.1) is 23.6 Å². The van der Waals surface area contributed by atoms with Crippen LogP contribution >= 0.6 is 0 Å². The van der Waals surface area contributed by atoms with Gasteiger partial charge in [-0.2, -0.15) is 0 Å². The average Bonchev–Trinajstić information content (AvgIpc) is 3.37. The van der Waals surface area contributed by atoms with E-state index in [1.165, 1.54) is 29.2 Å². The molecular weight excluding hydrogens is 391 g/mol. The first-order chi connectivity index (χ1) is 14.6. The maximum absolute atomic E-state index is 13.1. The lowest BCUT2D eigenvalue weighted by molar-refractivity contribution is -0.126. The number of fused-ring (bicyclic) bond motifs is 1. The van der Waals surface area contributed by atoms with Crippen LogP contribution in [-0.2, 0) is 9.59 Å². The van der Waals surface area contributed by atoms with Crippen LogP contribution in [0.5, 0.6) is 17.2 Å². The molecule has 2 aromatic carbocycles. The van der Waals surface area contributed by atoms with Crippen molar-refractivity contribution >= 4 is 17.5 Å². The summed E-state index contributed by atoms with van der Waals surface area (Å²) < 4.78 is 29.1. The van der Waals surface area contributed by atoms with E-state index < -0.39 is 5.92 Å². The summed E-state index contributed by atoms with van der Waals surface area (Å²) in [5, 5.41) is 2.72. The fourth-order valence-corrected chi connectivity index (χ4v) is 3.23. The molecule has 0 bridgehead atoms. The van der Waals surface area contributed by atoms with Crippen molar-refractivity contribution in [3.63, 3.8) is 0 Å². The fraction of sp³-hybridized carbons (Fsp3) is 0.273. The van der Waals surface area contributed by atoms with Crippen LogP contribution in [0.1, 0.15) is 6.42 Å². The number of amides is 2. The van der Waals surface area contributed by atoms with Gasteiger partial charge in [0.25, 0.3) is 0 Å². The molecule has 1 fully saturated rings. The highest BCUT2D eigenvalue weighted by molar-refractivity contribution is 6.00. The molecule has 0 radical (unpaired) electrons. The second-order valence-electron chi connectivity index (χ2n) is 6.76. The number of hydrogen-bond donors (Lipinski definition) is 1. The normalized spacial score (nSPS) is 16.8. The SMILES string of the molecule is O=C(NCC#CCOc1ccc2c(c1)OCO2)C1CC(=O)N(c2ccc(F)cc2)C1. The molecule has 1 saturated heterocycles. The van der Waals surface area contributed by atoms with E-state index in [9.17, 15) is 14.0 Å². The Morgan fingerprint density at radius 2 is 1.97 bits per heavy atom. The Bertz CT molecular complexity index is 1010. The van der Waals surface area contributed by atoms with Gasteiger partial charge >= 0.3 is 0 Å². The second-order valence-corrected chi connectivity index (χ2v) is 6.76. The maximum atomic E-state index is 13.1. The molecule has 154 valence electrons. The molecule has 2 heterocycles. The number of halogens is 1. The quantitative estimate of drug-likeness (QED) is 0.764. The van der Waals surface area contributed by atoms with Gasteiger partial charge in [0.2, 0.25) is 18.6 Å². The molecule has 2 aliphatic rings. The van der Waals surface area contributed by atoms with E-state index in [-0.39, 0.29) is 50.5 Å². The molecule has 1 atom stereocenters. The van der Waals surface area contributed by atoms with Crippen molar-refractivity contribution in [1.29, 1.82) is 0 Å². The molecule has 8 heteroatoms. The summed E-state index contributed by atoms with van der Waals surface area (Å²) >= 11 is 0. The van der Waals surface area contributed by atoms with Crippen LogP contribution in [0.4, 0.5) is 10.1 Å². The van der Waals surface area contributed by atoms with Crippen molar-refractivity contribution in [3.05, 3.63) is 48.3 Å². The summed E-state index contributed by atoms with van der Waals surface area (Å²) in [4.78, 5) is 26.0. The Morgan fingerprint density at radius 3 is 2.80 bits per heavy atom. The number of carbonyl (C=O) groups excluding carboxylic acids is 2. The standard InChI is InChI=1S/C22H19FN2O5/c23-16-3-5-17(6-4-16)25-13-15(11-21(25)26)22(27)24-9-1-2-10-28-18-7-8-19-20(12-18)30-14-29-19/h3-8,12,15H,9-11,13-14H2,(H,24,27). The molecule has 0 spiro atoms. The van der Waals surface area contributed by atoms with Gasteiger partial charge in [-0.3, -0.25) is 9.59 Å².